The summed E-state index contributed by atoms with van der Waals surface area (Å²) in [6, 6.07) is 0. The van der Waals surface area contributed by atoms with Crippen LogP contribution in [0.4, 0.5) is 0 Å². The first kappa shape index (κ1) is 6.31. The van der Waals surface area contributed by atoms with E-state index < -0.39 is 0 Å². The van der Waals surface area contributed by atoms with Crippen molar-refractivity contribution < 1.29 is 0 Å². The third-order valence-electron chi connectivity index (χ3n) is 2.06. The molecule has 0 radical (unpaired) electrons. The van der Waals surface area contributed by atoms with Crippen molar-refractivity contribution in [2.45, 2.75) is 18.8 Å². The van der Waals surface area contributed by atoms with E-state index in [1.807, 2.05) is 5.51 Å². The van der Waals surface area contributed by atoms with Gasteiger partial charge in [0, 0.05) is 17.3 Å². The minimum absolute atomic E-state index is 0.613. The van der Waals surface area contributed by atoms with Gasteiger partial charge in [0.25, 0.3) is 0 Å². The van der Waals surface area contributed by atoms with Gasteiger partial charge in [0.2, 0.25) is 0 Å². The molecule has 0 fully saturated rings. The van der Waals surface area contributed by atoms with Gasteiger partial charge in [-0.25, -0.2) is 4.98 Å². The van der Waals surface area contributed by atoms with Crippen molar-refractivity contribution in [3.05, 3.63) is 16.1 Å². The Morgan fingerprint density at radius 2 is 2.70 bits per heavy atom. The Morgan fingerprint density at radius 3 is 3.50 bits per heavy atom. The van der Waals surface area contributed by atoms with Gasteiger partial charge in [0.05, 0.1) is 11.2 Å². The number of hydrogen-bond acceptors (Lipinski definition) is 3. The molecule has 1 unspecified atom stereocenters. The topological polar surface area (TPSA) is 38.9 Å². The van der Waals surface area contributed by atoms with E-state index in [4.69, 9.17) is 5.73 Å². The average molecular weight is 154 g/mol. The van der Waals surface area contributed by atoms with Crippen LogP contribution in [-0.2, 0) is 6.42 Å². The van der Waals surface area contributed by atoms with Gasteiger partial charge in [0.1, 0.15) is 0 Å². The summed E-state index contributed by atoms with van der Waals surface area (Å²) in [5, 5.41) is 0. The normalized spacial score (nSPS) is 23.1. The van der Waals surface area contributed by atoms with Crippen molar-refractivity contribution in [3.63, 3.8) is 0 Å². The number of aryl methyl sites for hydroxylation is 1. The average Bonchev–Trinajstić information content (AvgIpc) is 2.44. The molecule has 1 aromatic rings. The molecule has 10 heavy (non-hydrogen) atoms. The van der Waals surface area contributed by atoms with E-state index in [0.29, 0.717) is 5.92 Å². The highest BCUT2D eigenvalue weighted by molar-refractivity contribution is 7.09. The molecule has 0 bridgehead atoms. The molecular weight excluding hydrogens is 144 g/mol. The van der Waals surface area contributed by atoms with Crippen molar-refractivity contribution in [1.82, 2.24) is 4.98 Å². The molecule has 1 heterocycles. The van der Waals surface area contributed by atoms with E-state index in [-0.39, 0.29) is 0 Å². The molecule has 1 aromatic heterocycles. The van der Waals surface area contributed by atoms with Gasteiger partial charge in [0.15, 0.2) is 0 Å². The lowest BCUT2D eigenvalue weighted by Crippen LogP contribution is -2.07. The Morgan fingerprint density at radius 1 is 1.80 bits per heavy atom. The Labute approximate surface area is 64.1 Å². The molecular formula is C7H10N2S. The molecule has 2 N–H and O–H groups in total. The number of fused-ring (bicyclic) bond motifs is 1. The molecule has 54 valence electrons. The molecule has 0 saturated carbocycles. The standard InChI is InChI=1S/C7H10N2S/c8-3-5-1-2-6-7(5)10-4-9-6/h4-5H,1-3,8H2. The van der Waals surface area contributed by atoms with E-state index >= 15 is 0 Å². The lowest BCUT2D eigenvalue weighted by molar-refractivity contribution is 0.694. The van der Waals surface area contributed by atoms with E-state index in [1.165, 1.54) is 17.0 Å². The summed E-state index contributed by atoms with van der Waals surface area (Å²) in [5.41, 5.74) is 8.80. The number of nitrogens with zero attached hydrogens (tertiary/aromatic N) is 1. The molecule has 0 spiro atoms. The fraction of sp³-hybridized carbons (Fsp3) is 0.571. The molecule has 3 heteroatoms. The summed E-state index contributed by atoms with van der Waals surface area (Å²) in [5.74, 6) is 0.613. The van der Waals surface area contributed by atoms with Crippen molar-refractivity contribution in [2.24, 2.45) is 5.73 Å². The number of rotatable bonds is 1. The Balaban J connectivity index is 2.34. The van der Waals surface area contributed by atoms with Gasteiger partial charge in [-0.15, -0.1) is 11.3 Å². The first-order chi connectivity index (χ1) is 4.92. The van der Waals surface area contributed by atoms with Crippen LogP contribution in [0.15, 0.2) is 5.51 Å². The van der Waals surface area contributed by atoms with Crippen LogP contribution in [0.25, 0.3) is 0 Å². The van der Waals surface area contributed by atoms with Crippen LogP contribution < -0.4 is 5.73 Å². The van der Waals surface area contributed by atoms with Crippen molar-refractivity contribution in [2.75, 3.05) is 6.54 Å². The number of thiazole rings is 1. The third kappa shape index (κ3) is 0.777. The molecule has 1 atom stereocenters. The first-order valence-corrected chi connectivity index (χ1v) is 4.42. The van der Waals surface area contributed by atoms with E-state index in [2.05, 4.69) is 4.98 Å². The van der Waals surface area contributed by atoms with Crippen LogP contribution in [0.1, 0.15) is 22.9 Å². The lowest BCUT2D eigenvalue weighted by atomic mass is 10.1. The van der Waals surface area contributed by atoms with Crippen molar-refractivity contribution >= 4 is 11.3 Å². The highest BCUT2D eigenvalue weighted by Crippen LogP contribution is 2.34. The van der Waals surface area contributed by atoms with Gasteiger partial charge in [-0.3, -0.25) is 0 Å². The molecule has 2 rings (SSSR count). The highest BCUT2D eigenvalue weighted by Gasteiger charge is 2.23. The summed E-state index contributed by atoms with van der Waals surface area (Å²) in [4.78, 5) is 5.69. The summed E-state index contributed by atoms with van der Waals surface area (Å²) in [7, 11) is 0. The first-order valence-electron chi connectivity index (χ1n) is 3.54. The number of nitrogens with two attached hydrogens (primary N) is 1. The molecule has 2 nitrogen and oxygen atoms in total. The highest BCUT2D eigenvalue weighted by atomic mass is 32.1. The fourth-order valence-electron chi connectivity index (χ4n) is 1.46. The third-order valence-corrected chi connectivity index (χ3v) is 3.09. The van der Waals surface area contributed by atoms with E-state index in [0.717, 1.165) is 13.0 Å². The molecule has 0 saturated heterocycles. The second-order valence-corrected chi connectivity index (χ2v) is 3.52. The summed E-state index contributed by atoms with van der Waals surface area (Å²) >= 11 is 1.75. The van der Waals surface area contributed by atoms with Gasteiger partial charge in [-0.05, 0) is 12.8 Å². The monoisotopic (exact) mass is 154 g/mol. The predicted molar refractivity (Wildman–Crippen MR) is 42.2 cm³/mol. The van der Waals surface area contributed by atoms with E-state index in [1.54, 1.807) is 11.3 Å². The molecule has 1 aliphatic rings. The maximum absolute atomic E-state index is 5.59. The predicted octanol–water partition coefficient (Wildman–Crippen LogP) is 1.13. The van der Waals surface area contributed by atoms with Crippen LogP contribution in [-0.4, -0.2) is 11.5 Å². The Hall–Kier alpha value is -0.410. The Kier molecular flexibility index (Phi) is 1.47. The van der Waals surface area contributed by atoms with Gasteiger partial charge >= 0.3 is 0 Å². The van der Waals surface area contributed by atoms with Gasteiger partial charge in [-0.2, -0.15) is 0 Å². The van der Waals surface area contributed by atoms with Crippen LogP contribution in [0.5, 0.6) is 0 Å². The fourth-order valence-corrected chi connectivity index (χ4v) is 2.46. The molecule has 0 aromatic carbocycles. The molecule has 0 amide bonds. The Bertz CT molecular complexity index is 231. The van der Waals surface area contributed by atoms with Crippen LogP contribution in [0.3, 0.4) is 0 Å². The zero-order chi connectivity index (χ0) is 6.97. The van der Waals surface area contributed by atoms with Gasteiger partial charge in [-0.1, -0.05) is 0 Å². The van der Waals surface area contributed by atoms with Crippen molar-refractivity contribution in [1.29, 1.82) is 0 Å². The van der Waals surface area contributed by atoms with Crippen LogP contribution >= 0.6 is 11.3 Å². The summed E-state index contributed by atoms with van der Waals surface area (Å²) in [6.07, 6.45) is 2.35. The molecule has 0 aliphatic heterocycles. The minimum Gasteiger partial charge on any atom is -0.330 e. The second kappa shape index (κ2) is 2.32. The van der Waals surface area contributed by atoms with Crippen LogP contribution in [0, 0.1) is 0 Å². The summed E-state index contributed by atoms with van der Waals surface area (Å²) < 4.78 is 0. The zero-order valence-corrected chi connectivity index (χ0v) is 6.53. The molecule has 1 aliphatic carbocycles. The quantitative estimate of drug-likeness (QED) is 0.658. The summed E-state index contributed by atoms with van der Waals surface area (Å²) in [6.45, 7) is 0.787. The van der Waals surface area contributed by atoms with E-state index in [9.17, 15) is 0 Å². The number of aromatic nitrogens is 1. The second-order valence-electron chi connectivity index (χ2n) is 2.63. The largest absolute Gasteiger partial charge is 0.330 e. The maximum Gasteiger partial charge on any atom is 0.0797 e. The minimum atomic E-state index is 0.613. The number of hydrogen-bond donors (Lipinski definition) is 1. The lowest BCUT2D eigenvalue weighted by Gasteiger charge is -2.01. The maximum atomic E-state index is 5.59. The van der Waals surface area contributed by atoms with Crippen LogP contribution in [0.2, 0.25) is 0 Å². The van der Waals surface area contributed by atoms with Crippen molar-refractivity contribution in [3.8, 4) is 0 Å². The zero-order valence-electron chi connectivity index (χ0n) is 5.71. The SMILES string of the molecule is NCC1CCc2ncsc21. The smallest absolute Gasteiger partial charge is 0.0797 e. The van der Waals surface area contributed by atoms with Gasteiger partial charge < -0.3 is 5.73 Å².